The van der Waals surface area contributed by atoms with Gasteiger partial charge in [-0.25, -0.2) is 4.79 Å². The number of hydrogen-bond donors (Lipinski definition) is 1. The fourth-order valence-electron chi connectivity index (χ4n) is 1.70. The van der Waals surface area contributed by atoms with Crippen LogP contribution in [-0.4, -0.2) is 29.0 Å². The van der Waals surface area contributed by atoms with Gasteiger partial charge in [0.1, 0.15) is 5.92 Å². The maximum absolute atomic E-state index is 11.8. The lowest BCUT2D eigenvalue weighted by molar-refractivity contribution is -0.385. The van der Waals surface area contributed by atoms with E-state index in [1.165, 1.54) is 32.0 Å². The molecular formula is C14H13N3O5. The summed E-state index contributed by atoms with van der Waals surface area (Å²) < 4.78 is 4.77. The molecule has 0 aromatic heterocycles. The summed E-state index contributed by atoms with van der Waals surface area (Å²) in [5, 5.41) is 26.7. The van der Waals surface area contributed by atoms with Crippen LogP contribution in [0, 0.1) is 39.7 Å². The number of ether oxygens (including phenoxy) is 1. The molecule has 114 valence electrons. The highest BCUT2D eigenvalue weighted by molar-refractivity contribution is 6.06. The minimum atomic E-state index is -1.24. The predicted octanol–water partition coefficient (Wildman–Crippen LogP) is 1.81. The fraction of sp³-hybridized carbons (Fsp3) is 0.286. The molecule has 0 spiro atoms. The van der Waals surface area contributed by atoms with Gasteiger partial charge >= 0.3 is 5.97 Å². The van der Waals surface area contributed by atoms with Crippen molar-refractivity contribution in [2.24, 2.45) is 5.92 Å². The number of carbonyl (C=O) groups is 2. The van der Waals surface area contributed by atoms with Crippen LogP contribution in [0.15, 0.2) is 18.2 Å². The topological polar surface area (TPSA) is 134 Å². The van der Waals surface area contributed by atoms with Crippen molar-refractivity contribution in [3.05, 3.63) is 39.4 Å². The SMILES string of the molecule is CC(=N)[C@H](C#N)C(=O)COC(=O)c1ccc([N+](=O)[O-])c(C)c1. The van der Waals surface area contributed by atoms with Gasteiger partial charge in [-0.1, -0.05) is 0 Å². The molecule has 0 bridgehead atoms. The summed E-state index contributed by atoms with van der Waals surface area (Å²) in [6, 6.07) is 5.34. The maximum atomic E-state index is 11.8. The quantitative estimate of drug-likeness (QED) is 0.368. The van der Waals surface area contributed by atoms with Crippen LogP contribution < -0.4 is 0 Å². The number of nitro groups is 1. The molecule has 0 saturated heterocycles. The van der Waals surface area contributed by atoms with E-state index < -0.39 is 29.2 Å². The molecule has 1 N–H and O–H groups in total. The highest BCUT2D eigenvalue weighted by Gasteiger charge is 2.22. The molecule has 8 nitrogen and oxygen atoms in total. The third-order valence-electron chi connectivity index (χ3n) is 2.86. The lowest BCUT2D eigenvalue weighted by Gasteiger charge is -2.08. The molecule has 0 amide bonds. The van der Waals surface area contributed by atoms with E-state index in [-0.39, 0.29) is 22.5 Å². The zero-order valence-electron chi connectivity index (χ0n) is 12.0. The monoisotopic (exact) mass is 303 g/mol. The summed E-state index contributed by atoms with van der Waals surface area (Å²) in [6.45, 7) is 2.15. The molecule has 0 aliphatic rings. The van der Waals surface area contributed by atoms with Crippen molar-refractivity contribution in [3.63, 3.8) is 0 Å². The Bertz CT molecular complexity index is 690. The first-order valence-electron chi connectivity index (χ1n) is 6.17. The second-order valence-electron chi connectivity index (χ2n) is 4.55. The molecular weight excluding hydrogens is 290 g/mol. The Hall–Kier alpha value is -3.08. The van der Waals surface area contributed by atoms with Crippen LogP contribution in [0.3, 0.4) is 0 Å². The van der Waals surface area contributed by atoms with Gasteiger partial charge in [0.25, 0.3) is 5.69 Å². The van der Waals surface area contributed by atoms with E-state index in [2.05, 4.69) is 0 Å². The number of carbonyl (C=O) groups excluding carboxylic acids is 2. The van der Waals surface area contributed by atoms with Gasteiger partial charge in [0.15, 0.2) is 12.4 Å². The normalized spacial score (nSPS) is 11.1. The molecule has 1 aromatic rings. The standard InChI is InChI=1S/C14H13N3O5/c1-8-5-10(3-4-12(8)17(20)21)14(19)22-7-13(18)11(6-15)9(2)16/h3-5,11,16H,7H2,1-2H3/t11-/m0/s1. The third kappa shape index (κ3) is 3.96. The second kappa shape index (κ2) is 7.08. The van der Waals surface area contributed by atoms with Gasteiger partial charge in [-0.05, 0) is 26.0 Å². The van der Waals surface area contributed by atoms with E-state index in [1.807, 2.05) is 0 Å². The molecule has 0 aliphatic heterocycles. The molecule has 0 unspecified atom stereocenters. The van der Waals surface area contributed by atoms with Gasteiger partial charge < -0.3 is 10.1 Å². The summed E-state index contributed by atoms with van der Waals surface area (Å²) >= 11 is 0. The third-order valence-corrected chi connectivity index (χ3v) is 2.86. The van der Waals surface area contributed by atoms with Crippen LogP contribution in [0.25, 0.3) is 0 Å². The summed E-state index contributed by atoms with van der Waals surface area (Å²) in [4.78, 5) is 33.5. The number of nitrogens with zero attached hydrogens (tertiary/aromatic N) is 2. The summed E-state index contributed by atoms with van der Waals surface area (Å²) in [5.74, 6) is -2.76. The van der Waals surface area contributed by atoms with Gasteiger partial charge in [-0.3, -0.25) is 14.9 Å². The number of esters is 1. The smallest absolute Gasteiger partial charge is 0.338 e. The van der Waals surface area contributed by atoms with Crippen LogP contribution in [0.2, 0.25) is 0 Å². The zero-order valence-corrected chi connectivity index (χ0v) is 12.0. The Balaban J connectivity index is 2.77. The molecule has 0 heterocycles. The first-order valence-corrected chi connectivity index (χ1v) is 6.17. The van der Waals surface area contributed by atoms with Crippen molar-refractivity contribution in [1.82, 2.24) is 0 Å². The van der Waals surface area contributed by atoms with Crippen LogP contribution in [0.5, 0.6) is 0 Å². The number of Topliss-reactive ketones (excluding diaryl/α,β-unsaturated/α-hetero) is 1. The van der Waals surface area contributed by atoms with Gasteiger partial charge in [-0.15, -0.1) is 0 Å². The number of nitrogens with one attached hydrogen (secondary N) is 1. The highest BCUT2D eigenvalue weighted by Crippen LogP contribution is 2.19. The predicted molar refractivity (Wildman–Crippen MR) is 75.6 cm³/mol. The van der Waals surface area contributed by atoms with Crippen LogP contribution >= 0.6 is 0 Å². The molecule has 1 aromatic carbocycles. The highest BCUT2D eigenvalue weighted by atomic mass is 16.6. The van der Waals surface area contributed by atoms with Crippen LogP contribution in [-0.2, 0) is 9.53 Å². The number of nitriles is 1. The molecule has 0 saturated carbocycles. The number of benzene rings is 1. The molecule has 0 fully saturated rings. The lowest BCUT2D eigenvalue weighted by atomic mass is 10.0. The Kier molecular flexibility index (Phi) is 5.46. The van der Waals surface area contributed by atoms with E-state index in [0.717, 1.165) is 0 Å². The molecule has 0 aliphatic carbocycles. The first-order chi connectivity index (χ1) is 10.3. The van der Waals surface area contributed by atoms with E-state index in [4.69, 9.17) is 15.4 Å². The van der Waals surface area contributed by atoms with Crippen molar-refractivity contribution in [3.8, 4) is 6.07 Å². The summed E-state index contributed by atoms with van der Waals surface area (Å²) in [7, 11) is 0. The van der Waals surface area contributed by atoms with Crippen molar-refractivity contribution in [2.45, 2.75) is 13.8 Å². The van der Waals surface area contributed by atoms with E-state index in [0.29, 0.717) is 0 Å². The number of nitro benzene ring substituents is 1. The van der Waals surface area contributed by atoms with Gasteiger partial charge in [0, 0.05) is 17.3 Å². The van der Waals surface area contributed by atoms with Gasteiger partial charge in [0.2, 0.25) is 0 Å². The molecule has 1 rings (SSSR count). The second-order valence-corrected chi connectivity index (χ2v) is 4.55. The van der Waals surface area contributed by atoms with Crippen molar-refractivity contribution in [1.29, 1.82) is 10.7 Å². The van der Waals surface area contributed by atoms with Gasteiger partial charge in [-0.2, -0.15) is 5.26 Å². The summed E-state index contributed by atoms with van der Waals surface area (Å²) in [5.41, 5.74) is 0.0957. The van der Waals surface area contributed by atoms with Crippen LogP contribution in [0.4, 0.5) is 5.69 Å². The number of ketones is 1. The fourth-order valence-corrected chi connectivity index (χ4v) is 1.70. The lowest BCUT2D eigenvalue weighted by Crippen LogP contribution is -2.25. The number of hydrogen-bond acceptors (Lipinski definition) is 7. The molecule has 8 heteroatoms. The van der Waals surface area contributed by atoms with E-state index in [9.17, 15) is 19.7 Å². The van der Waals surface area contributed by atoms with Crippen molar-refractivity contribution >= 4 is 23.2 Å². The molecule has 22 heavy (non-hydrogen) atoms. The van der Waals surface area contributed by atoms with Crippen LogP contribution in [0.1, 0.15) is 22.8 Å². The zero-order chi connectivity index (χ0) is 16.9. The molecule has 1 atom stereocenters. The van der Waals surface area contributed by atoms with E-state index >= 15 is 0 Å². The number of aryl methyl sites for hydroxylation is 1. The number of rotatable bonds is 6. The van der Waals surface area contributed by atoms with Crippen molar-refractivity contribution < 1.29 is 19.2 Å². The maximum Gasteiger partial charge on any atom is 0.338 e. The molecule has 0 radical (unpaired) electrons. The van der Waals surface area contributed by atoms with Crippen molar-refractivity contribution in [2.75, 3.05) is 6.61 Å². The average Bonchev–Trinajstić information content (AvgIpc) is 2.44. The first kappa shape index (κ1) is 17.0. The van der Waals surface area contributed by atoms with E-state index in [1.54, 1.807) is 6.07 Å². The largest absolute Gasteiger partial charge is 0.454 e. The Morgan fingerprint density at radius 3 is 2.59 bits per heavy atom. The Morgan fingerprint density at radius 1 is 1.50 bits per heavy atom. The minimum Gasteiger partial charge on any atom is -0.454 e. The van der Waals surface area contributed by atoms with Gasteiger partial charge in [0.05, 0.1) is 16.6 Å². The average molecular weight is 303 g/mol. The Morgan fingerprint density at radius 2 is 2.14 bits per heavy atom. The Labute approximate surface area is 126 Å². The summed E-state index contributed by atoms with van der Waals surface area (Å²) in [6.07, 6.45) is 0. The minimum absolute atomic E-state index is 0.0657.